The molecule has 0 amide bonds. The number of likely N-dealkylation sites (N-methyl/N-ethyl adjacent to an activating group) is 1. The maximum absolute atomic E-state index is 12.1. The zero-order valence-electron chi connectivity index (χ0n) is 12.1. The first-order valence-corrected chi connectivity index (χ1v) is 7.02. The first-order valence-electron chi connectivity index (χ1n) is 7.02. The van der Waals surface area contributed by atoms with Crippen molar-refractivity contribution in [1.82, 2.24) is 5.32 Å². The van der Waals surface area contributed by atoms with Crippen LogP contribution in [0.2, 0.25) is 0 Å². The lowest BCUT2D eigenvalue weighted by Crippen LogP contribution is -2.41. The molecule has 1 fully saturated rings. The summed E-state index contributed by atoms with van der Waals surface area (Å²) in [6.45, 7) is 2.92. The van der Waals surface area contributed by atoms with Gasteiger partial charge in [0, 0.05) is 12.6 Å². The summed E-state index contributed by atoms with van der Waals surface area (Å²) in [4.78, 5) is 0. The van der Waals surface area contributed by atoms with E-state index in [1.54, 1.807) is 12.1 Å². The van der Waals surface area contributed by atoms with Crippen LogP contribution in [0.1, 0.15) is 18.9 Å². The van der Waals surface area contributed by atoms with Gasteiger partial charge in [0.15, 0.2) is 0 Å². The fraction of sp³-hybridized carbons (Fsp3) is 0.600. The number of ether oxygens (including phenoxy) is 2. The van der Waals surface area contributed by atoms with E-state index in [9.17, 15) is 13.2 Å². The van der Waals surface area contributed by atoms with Crippen LogP contribution in [0.25, 0.3) is 0 Å². The Morgan fingerprint density at radius 2 is 2.00 bits per heavy atom. The van der Waals surface area contributed by atoms with Crippen molar-refractivity contribution in [1.29, 1.82) is 0 Å². The molecule has 1 aromatic rings. The fourth-order valence-corrected chi connectivity index (χ4v) is 2.69. The highest BCUT2D eigenvalue weighted by atomic mass is 19.4. The van der Waals surface area contributed by atoms with Gasteiger partial charge in [0.2, 0.25) is 0 Å². The third-order valence-electron chi connectivity index (χ3n) is 3.82. The number of alkyl halides is 3. The molecule has 0 aliphatic carbocycles. The summed E-state index contributed by atoms with van der Waals surface area (Å²) in [6.07, 6.45) is -2.76. The Kier molecular flexibility index (Phi) is 5.11. The Morgan fingerprint density at radius 3 is 2.48 bits per heavy atom. The van der Waals surface area contributed by atoms with Crippen LogP contribution in [-0.2, 0) is 11.2 Å². The van der Waals surface area contributed by atoms with E-state index in [0.29, 0.717) is 12.3 Å². The molecule has 21 heavy (non-hydrogen) atoms. The smallest absolute Gasteiger partial charge is 0.406 e. The molecule has 118 valence electrons. The van der Waals surface area contributed by atoms with Crippen LogP contribution >= 0.6 is 0 Å². The molecule has 3 atom stereocenters. The van der Waals surface area contributed by atoms with Gasteiger partial charge < -0.3 is 14.8 Å². The summed E-state index contributed by atoms with van der Waals surface area (Å²) in [5.41, 5.74) is 0.951. The van der Waals surface area contributed by atoms with Gasteiger partial charge in [-0.3, -0.25) is 0 Å². The summed E-state index contributed by atoms with van der Waals surface area (Å²) < 4.78 is 45.9. The van der Waals surface area contributed by atoms with Crippen LogP contribution in [-0.4, -0.2) is 32.2 Å². The third kappa shape index (κ3) is 4.61. The van der Waals surface area contributed by atoms with E-state index in [2.05, 4.69) is 17.0 Å². The van der Waals surface area contributed by atoms with Crippen molar-refractivity contribution < 1.29 is 22.6 Å². The van der Waals surface area contributed by atoms with Gasteiger partial charge in [-0.15, -0.1) is 13.2 Å². The number of nitrogens with one attached hydrogen (secondary N) is 1. The van der Waals surface area contributed by atoms with Gasteiger partial charge in [-0.25, -0.2) is 0 Å². The van der Waals surface area contributed by atoms with Crippen molar-refractivity contribution in [2.24, 2.45) is 5.92 Å². The Hall–Kier alpha value is -1.27. The molecule has 1 aliphatic heterocycles. The Bertz CT molecular complexity index is 447. The van der Waals surface area contributed by atoms with Gasteiger partial charge in [-0.2, -0.15) is 0 Å². The molecular weight excluding hydrogens is 283 g/mol. The zero-order valence-corrected chi connectivity index (χ0v) is 12.1. The van der Waals surface area contributed by atoms with Crippen LogP contribution < -0.4 is 10.1 Å². The standard InChI is InChI=1S/C15H20F3NO2/c1-10-7-8-20-14(10)13(19-2)9-11-3-5-12(6-4-11)21-15(16,17)18/h3-6,10,13-14,19H,7-9H2,1-2H3. The van der Waals surface area contributed by atoms with Crippen molar-refractivity contribution in [2.45, 2.75) is 38.3 Å². The Labute approximate surface area is 122 Å². The lowest BCUT2D eigenvalue weighted by Gasteiger charge is -2.26. The Balaban J connectivity index is 1.98. The van der Waals surface area contributed by atoms with Gasteiger partial charge in [0.25, 0.3) is 0 Å². The van der Waals surface area contributed by atoms with Crippen molar-refractivity contribution in [3.05, 3.63) is 29.8 Å². The predicted octanol–water partition coefficient (Wildman–Crippen LogP) is 3.14. The first-order chi connectivity index (χ1) is 9.89. The molecule has 0 radical (unpaired) electrons. The minimum atomic E-state index is -4.65. The fourth-order valence-electron chi connectivity index (χ4n) is 2.69. The molecule has 6 heteroatoms. The quantitative estimate of drug-likeness (QED) is 0.906. The molecule has 0 saturated carbocycles. The average molecular weight is 303 g/mol. The molecule has 1 saturated heterocycles. The molecule has 2 rings (SSSR count). The van der Waals surface area contributed by atoms with Gasteiger partial charge in [0.1, 0.15) is 5.75 Å². The second kappa shape index (κ2) is 6.66. The van der Waals surface area contributed by atoms with E-state index in [1.807, 2.05) is 7.05 Å². The van der Waals surface area contributed by atoms with E-state index in [4.69, 9.17) is 4.74 Å². The van der Waals surface area contributed by atoms with Crippen LogP contribution in [0.15, 0.2) is 24.3 Å². The van der Waals surface area contributed by atoms with E-state index in [0.717, 1.165) is 18.6 Å². The van der Waals surface area contributed by atoms with Crippen LogP contribution in [0.3, 0.4) is 0 Å². The van der Waals surface area contributed by atoms with Crippen molar-refractivity contribution in [2.75, 3.05) is 13.7 Å². The van der Waals surface area contributed by atoms with E-state index in [-0.39, 0.29) is 17.9 Å². The molecular formula is C15H20F3NO2. The van der Waals surface area contributed by atoms with Gasteiger partial charge >= 0.3 is 6.36 Å². The average Bonchev–Trinajstić information content (AvgIpc) is 2.82. The molecule has 0 spiro atoms. The van der Waals surface area contributed by atoms with E-state index in [1.165, 1.54) is 12.1 Å². The largest absolute Gasteiger partial charge is 0.573 e. The highest BCUT2D eigenvalue weighted by Gasteiger charge is 2.32. The van der Waals surface area contributed by atoms with Gasteiger partial charge in [0.05, 0.1) is 6.10 Å². The highest BCUT2D eigenvalue weighted by Crippen LogP contribution is 2.26. The summed E-state index contributed by atoms with van der Waals surface area (Å²) in [5.74, 6) is 0.285. The minimum Gasteiger partial charge on any atom is -0.406 e. The topological polar surface area (TPSA) is 30.5 Å². The molecule has 0 aromatic heterocycles. The maximum Gasteiger partial charge on any atom is 0.573 e. The SMILES string of the molecule is CNC(Cc1ccc(OC(F)(F)F)cc1)C1OCCC1C. The van der Waals surface area contributed by atoms with Gasteiger partial charge in [-0.1, -0.05) is 19.1 Å². The molecule has 1 heterocycles. The number of hydrogen-bond donors (Lipinski definition) is 1. The monoisotopic (exact) mass is 303 g/mol. The van der Waals surface area contributed by atoms with Crippen molar-refractivity contribution >= 4 is 0 Å². The summed E-state index contributed by atoms with van der Waals surface area (Å²) in [7, 11) is 1.88. The summed E-state index contributed by atoms with van der Waals surface area (Å²) in [5, 5.41) is 3.24. The summed E-state index contributed by atoms with van der Waals surface area (Å²) >= 11 is 0. The number of rotatable bonds is 5. The molecule has 1 aliphatic rings. The van der Waals surface area contributed by atoms with E-state index >= 15 is 0 Å². The Morgan fingerprint density at radius 1 is 1.33 bits per heavy atom. The molecule has 1 aromatic carbocycles. The third-order valence-corrected chi connectivity index (χ3v) is 3.82. The minimum absolute atomic E-state index is 0.140. The number of hydrogen-bond acceptors (Lipinski definition) is 3. The van der Waals surface area contributed by atoms with Crippen LogP contribution in [0, 0.1) is 5.92 Å². The molecule has 1 N–H and O–H groups in total. The number of halogens is 3. The normalized spacial score (nSPS) is 24.0. The second-order valence-electron chi connectivity index (χ2n) is 5.39. The zero-order chi connectivity index (χ0) is 15.5. The lowest BCUT2D eigenvalue weighted by molar-refractivity contribution is -0.274. The highest BCUT2D eigenvalue weighted by molar-refractivity contribution is 5.28. The van der Waals surface area contributed by atoms with Gasteiger partial charge in [-0.05, 0) is 43.5 Å². The van der Waals surface area contributed by atoms with Crippen molar-refractivity contribution in [3.63, 3.8) is 0 Å². The maximum atomic E-state index is 12.1. The van der Waals surface area contributed by atoms with Crippen LogP contribution in [0.4, 0.5) is 13.2 Å². The predicted molar refractivity (Wildman–Crippen MR) is 73.2 cm³/mol. The van der Waals surface area contributed by atoms with E-state index < -0.39 is 6.36 Å². The second-order valence-corrected chi connectivity index (χ2v) is 5.39. The number of benzene rings is 1. The first kappa shape index (κ1) is 16.1. The van der Waals surface area contributed by atoms with Crippen LogP contribution in [0.5, 0.6) is 5.75 Å². The molecule has 3 nitrogen and oxygen atoms in total. The van der Waals surface area contributed by atoms with Crippen molar-refractivity contribution in [3.8, 4) is 5.75 Å². The molecule has 3 unspecified atom stereocenters. The lowest BCUT2D eigenvalue weighted by atomic mass is 9.93. The molecule has 0 bridgehead atoms. The summed E-state index contributed by atoms with van der Waals surface area (Å²) in [6, 6.07) is 6.15.